The Balaban J connectivity index is 1.49. The fourth-order valence-electron chi connectivity index (χ4n) is 3.33. The zero-order valence-electron chi connectivity index (χ0n) is 15.8. The molecule has 158 valence electrons. The van der Waals surface area contributed by atoms with Crippen molar-refractivity contribution in [2.45, 2.75) is 12.5 Å². The van der Waals surface area contributed by atoms with Crippen molar-refractivity contribution in [3.05, 3.63) is 52.1 Å². The minimum absolute atomic E-state index is 0.0560. The van der Waals surface area contributed by atoms with Gasteiger partial charge in [0.2, 0.25) is 11.7 Å². The van der Waals surface area contributed by atoms with Crippen molar-refractivity contribution in [3.63, 3.8) is 0 Å². The van der Waals surface area contributed by atoms with E-state index in [4.69, 9.17) is 14.0 Å². The zero-order valence-corrected chi connectivity index (χ0v) is 16.7. The lowest BCUT2D eigenvalue weighted by Gasteiger charge is -2.30. The van der Waals surface area contributed by atoms with E-state index in [2.05, 4.69) is 4.98 Å². The number of hydrogen-bond acceptors (Lipinski definition) is 7. The number of pyridine rings is 1. The largest absolute Gasteiger partial charge is 0.493 e. The van der Waals surface area contributed by atoms with Gasteiger partial charge < -0.3 is 9.47 Å². The van der Waals surface area contributed by atoms with Crippen LogP contribution in [0.15, 0.2) is 30.5 Å². The third kappa shape index (κ3) is 3.65. The molecule has 0 saturated carbocycles. The van der Waals surface area contributed by atoms with Gasteiger partial charge >= 0.3 is 13.4 Å². The number of nitrogens with zero attached hydrogens (tertiary/aromatic N) is 4. The summed E-state index contributed by atoms with van der Waals surface area (Å²) in [4.78, 5) is 14.5. The summed E-state index contributed by atoms with van der Waals surface area (Å²) in [5.41, 5.74) is 0.222. The van der Waals surface area contributed by atoms with Crippen molar-refractivity contribution in [1.82, 2.24) is 14.3 Å². The van der Waals surface area contributed by atoms with Crippen LogP contribution in [0.5, 0.6) is 17.2 Å². The van der Waals surface area contributed by atoms with Crippen LogP contribution >= 0.6 is 7.67 Å². The Morgan fingerprint density at radius 1 is 1.23 bits per heavy atom. The first-order valence-corrected chi connectivity index (χ1v) is 11.0. The van der Waals surface area contributed by atoms with Gasteiger partial charge in [-0.05, 0) is 18.2 Å². The molecule has 3 aliphatic rings. The van der Waals surface area contributed by atoms with Gasteiger partial charge in [0.05, 0.1) is 29.9 Å². The molecule has 1 aromatic carbocycles. The van der Waals surface area contributed by atoms with Gasteiger partial charge in [0.1, 0.15) is 11.5 Å². The van der Waals surface area contributed by atoms with Crippen LogP contribution < -0.4 is 9.47 Å². The van der Waals surface area contributed by atoms with Crippen molar-refractivity contribution in [1.29, 1.82) is 0 Å². The maximum Gasteiger partial charge on any atom is 0.346 e. The lowest BCUT2D eigenvalue weighted by molar-refractivity contribution is -0.385. The summed E-state index contributed by atoms with van der Waals surface area (Å²) in [6.45, 7) is 3.16. The molecular weight excluding hydrogens is 418 g/mol. The minimum atomic E-state index is -3.10. The summed E-state index contributed by atoms with van der Waals surface area (Å²) in [5.74, 6) is -0.303. The number of nitro groups is 1. The molecule has 2 fully saturated rings. The Labute approximate surface area is 170 Å². The van der Waals surface area contributed by atoms with Crippen molar-refractivity contribution < 1.29 is 27.9 Å². The molecule has 12 heteroatoms. The number of nitro benzene ring substituents is 1. The quantitative estimate of drug-likeness (QED) is 0.212. The van der Waals surface area contributed by atoms with Gasteiger partial charge in [0, 0.05) is 38.2 Å². The van der Waals surface area contributed by atoms with E-state index in [0.717, 1.165) is 38.4 Å². The Morgan fingerprint density at radius 3 is 2.57 bits per heavy atom. The lowest BCUT2D eigenvalue weighted by Crippen LogP contribution is -2.19. The zero-order chi connectivity index (χ0) is 20.9. The summed E-state index contributed by atoms with van der Waals surface area (Å²) < 4.78 is 47.4. The molecule has 3 aliphatic heterocycles. The van der Waals surface area contributed by atoms with Crippen molar-refractivity contribution in [2.75, 3.05) is 32.8 Å². The molecule has 4 heterocycles. The van der Waals surface area contributed by atoms with Gasteiger partial charge in [-0.25, -0.2) is 14.3 Å². The first-order chi connectivity index (χ1) is 14.4. The highest BCUT2D eigenvalue weighted by molar-refractivity contribution is 7.54. The first kappa shape index (κ1) is 19.4. The van der Waals surface area contributed by atoms with Gasteiger partial charge in [-0.1, -0.05) is 0 Å². The van der Waals surface area contributed by atoms with Crippen LogP contribution in [0.3, 0.4) is 0 Å². The smallest absolute Gasteiger partial charge is 0.346 e. The summed E-state index contributed by atoms with van der Waals surface area (Å²) in [6.07, 6.45) is 1.03. The second-order valence-corrected chi connectivity index (χ2v) is 9.49. The molecule has 0 spiro atoms. The predicted octanol–water partition coefficient (Wildman–Crippen LogP) is 3.50. The number of rotatable bonds is 7. The van der Waals surface area contributed by atoms with Crippen LogP contribution in [0.25, 0.3) is 0 Å². The molecule has 0 bridgehead atoms. The molecule has 0 aliphatic carbocycles. The van der Waals surface area contributed by atoms with E-state index >= 15 is 0 Å². The molecule has 1 atom stereocenters. The third-order valence-corrected chi connectivity index (χ3v) is 7.79. The average Bonchev–Trinajstić information content (AvgIpc) is 3.62. The maximum absolute atomic E-state index is 13.4. The van der Waals surface area contributed by atoms with Gasteiger partial charge in [-0.3, -0.25) is 19.2 Å². The van der Waals surface area contributed by atoms with E-state index in [1.54, 1.807) is 0 Å². The van der Waals surface area contributed by atoms with Crippen LogP contribution in [0.2, 0.25) is 0 Å². The summed E-state index contributed by atoms with van der Waals surface area (Å²) in [6, 6.07) is 5.16. The number of hydrogen-bond donors (Lipinski definition) is 0. The normalized spacial score (nSPS) is 20.9. The molecule has 2 aromatic rings. The minimum Gasteiger partial charge on any atom is -0.493 e. The molecule has 0 radical (unpaired) electrons. The first-order valence-electron chi connectivity index (χ1n) is 9.48. The van der Waals surface area contributed by atoms with Crippen LogP contribution in [0, 0.1) is 16.1 Å². The van der Waals surface area contributed by atoms with E-state index in [9.17, 15) is 19.1 Å². The Morgan fingerprint density at radius 2 is 1.97 bits per heavy atom. The van der Waals surface area contributed by atoms with E-state index in [0.29, 0.717) is 17.7 Å². The molecular formula is C18H18FN4O6P. The number of ether oxygens (including phenoxy) is 2. The van der Waals surface area contributed by atoms with Gasteiger partial charge in [-0.15, -0.1) is 0 Å². The van der Waals surface area contributed by atoms with Crippen LogP contribution in [0.1, 0.15) is 18.1 Å². The standard InChI is InChI=1S/C18H18FN4O6P/c19-18-2-1-12(11-20-18)28-17-9-13-15(3-8-27-16(13)10-14(17)23(24)25)29-30(26,21-4-5-21)22-6-7-22/h1-2,9-11,15H,3-8H2. The fourth-order valence-corrected chi connectivity index (χ4v) is 5.69. The second-order valence-electron chi connectivity index (χ2n) is 7.16. The Bertz CT molecular complexity index is 1030. The number of aromatic nitrogens is 1. The second kappa shape index (κ2) is 7.28. The van der Waals surface area contributed by atoms with Crippen molar-refractivity contribution in [3.8, 4) is 17.2 Å². The molecule has 10 nitrogen and oxygen atoms in total. The Hall–Kier alpha value is -2.59. The van der Waals surface area contributed by atoms with E-state index < -0.39 is 24.6 Å². The molecule has 5 rings (SSSR count). The molecule has 1 aromatic heterocycles. The molecule has 2 saturated heterocycles. The van der Waals surface area contributed by atoms with E-state index in [1.807, 2.05) is 9.34 Å². The predicted molar refractivity (Wildman–Crippen MR) is 102 cm³/mol. The highest BCUT2D eigenvalue weighted by atomic mass is 31.2. The van der Waals surface area contributed by atoms with E-state index in [1.165, 1.54) is 18.2 Å². The average molecular weight is 436 g/mol. The summed E-state index contributed by atoms with van der Waals surface area (Å²) >= 11 is 0. The van der Waals surface area contributed by atoms with Crippen LogP contribution in [-0.2, 0) is 9.09 Å². The monoisotopic (exact) mass is 436 g/mol. The SMILES string of the molecule is O=[N+]([O-])c1cc2c(cc1Oc1ccc(F)nc1)C(OP(=O)(N1CC1)N1CC1)CCO2. The van der Waals surface area contributed by atoms with Crippen molar-refractivity contribution in [2.24, 2.45) is 0 Å². The molecule has 0 amide bonds. The fraction of sp³-hybridized carbons (Fsp3) is 0.389. The molecule has 0 N–H and O–H groups in total. The Kier molecular flexibility index (Phi) is 4.70. The van der Waals surface area contributed by atoms with Crippen LogP contribution in [0.4, 0.5) is 10.1 Å². The highest BCUT2D eigenvalue weighted by Gasteiger charge is 2.51. The third-order valence-electron chi connectivity index (χ3n) is 5.03. The molecule has 1 unspecified atom stereocenters. The van der Waals surface area contributed by atoms with Gasteiger partial charge in [-0.2, -0.15) is 4.39 Å². The van der Waals surface area contributed by atoms with E-state index in [-0.39, 0.29) is 23.8 Å². The van der Waals surface area contributed by atoms with Gasteiger partial charge in [0.25, 0.3) is 0 Å². The number of fused-ring (bicyclic) bond motifs is 1. The summed E-state index contributed by atoms with van der Waals surface area (Å²) in [5, 5.41) is 11.6. The lowest BCUT2D eigenvalue weighted by atomic mass is 10.0. The topological polar surface area (TPSA) is 107 Å². The highest BCUT2D eigenvalue weighted by Crippen LogP contribution is 2.64. The number of halogens is 1. The van der Waals surface area contributed by atoms with Gasteiger partial charge in [0.15, 0.2) is 0 Å². The number of benzene rings is 1. The molecule has 30 heavy (non-hydrogen) atoms. The van der Waals surface area contributed by atoms with Crippen LogP contribution in [-0.4, -0.2) is 52.0 Å². The summed E-state index contributed by atoms with van der Waals surface area (Å²) in [7, 11) is -3.10. The van der Waals surface area contributed by atoms with Crippen molar-refractivity contribution >= 4 is 13.4 Å². The maximum atomic E-state index is 13.4.